The van der Waals surface area contributed by atoms with Crippen molar-refractivity contribution in [2.45, 2.75) is 6.42 Å². The van der Waals surface area contributed by atoms with Gasteiger partial charge in [0.2, 0.25) is 5.91 Å². The third-order valence-corrected chi connectivity index (χ3v) is 4.90. The van der Waals surface area contributed by atoms with Crippen molar-refractivity contribution in [3.8, 4) is 0 Å². The van der Waals surface area contributed by atoms with Crippen LogP contribution in [0.3, 0.4) is 0 Å². The highest BCUT2D eigenvalue weighted by Crippen LogP contribution is 2.34. The van der Waals surface area contributed by atoms with E-state index in [2.05, 4.69) is 9.97 Å². The quantitative estimate of drug-likeness (QED) is 0.842. The number of nitrogens with zero attached hydrogens (tertiary/aromatic N) is 4. The molecule has 2 atom stereocenters. The van der Waals surface area contributed by atoms with Crippen LogP contribution in [0.2, 0.25) is 0 Å². The fraction of sp³-hybridized carbons (Fsp3) is 0.333. The number of carbonyl (C=O) groups is 2. The first-order chi connectivity index (χ1) is 11.7. The number of hydrogen-bond acceptors (Lipinski definition) is 4. The van der Waals surface area contributed by atoms with Gasteiger partial charge in [-0.05, 0) is 36.6 Å². The Morgan fingerprint density at radius 3 is 2.58 bits per heavy atom. The summed E-state index contributed by atoms with van der Waals surface area (Å²) in [4.78, 5) is 37.1. The Balaban J connectivity index is 1.51. The average Bonchev–Trinajstić information content (AvgIpc) is 3.08. The number of rotatable bonds is 2. The number of anilines is 1. The largest absolute Gasteiger partial charge is 0.337 e. The minimum atomic E-state index is -0.125. The van der Waals surface area contributed by atoms with Crippen LogP contribution in [0, 0.1) is 11.8 Å². The molecule has 2 aliphatic heterocycles. The van der Waals surface area contributed by atoms with Gasteiger partial charge in [0.15, 0.2) is 0 Å². The molecule has 2 saturated heterocycles. The summed E-state index contributed by atoms with van der Waals surface area (Å²) in [5.41, 5.74) is 1.41. The summed E-state index contributed by atoms with van der Waals surface area (Å²) in [6.45, 7) is 1.81. The van der Waals surface area contributed by atoms with E-state index >= 15 is 0 Å². The van der Waals surface area contributed by atoms with Crippen molar-refractivity contribution in [3.63, 3.8) is 0 Å². The molecule has 0 aliphatic carbocycles. The van der Waals surface area contributed by atoms with Crippen molar-refractivity contribution >= 4 is 17.5 Å². The van der Waals surface area contributed by atoms with Crippen molar-refractivity contribution in [2.75, 3.05) is 24.5 Å². The summed E-state index contributed by atoms with van der Waals surface area (Å²) in [6, 6.07) is 7.26. The van der Waals surface area contributed by atoms with Gasteiger partial charge in [0, 0.05) is 38.2 Å². The Morgan fingerprint density at radius 1 is 1.08 bits per heavy atom. The zero-order chi connectivity index (χ0) is 16.5. The highest BCUT2D eigenvalue weighted by Gasteiger charge is 2.44. The van der Waals surface area contributed by atoms with E-state index in [1.807, 2.05) is 12.1 Å². The Morgan fingerprint density at radius 2 is 1.88 bits per heavy atom. The predicted octanol–water partition coefficient (Wildman–Crippen LogP) is 1.60. The van der Waals surface area contributed by atoms with Gasteiger partial charge in [-0.25, -0.2) is 0 Å². The molecule has 2 aromatic rings. The second-order valence-electron chi connectivity index (χ2n) is 6.31. The van der Waals surface area contributed by atoms with Crippen molar-refractivity contribution in [1.82, 2.24) is 14.9 Å². The normalized spacial score (nSPS) is 23.2. The molecule has 24 heavy (non-hydrogen) atoms. The minimum absolute atomic E-state index is 0.0433. The summed E-state index contributed by atoms with van der Waals surface area (Å²) >= 11 is 0. The monoisotopic (exact) mass is 322 g/mol. The number of likely N-dealkylation sites (tertiary alicyclic amines) is 1. The van der Waals surface area contributed by atoms with E-state index in [-0.39, 0.29) is 23.7 Å². The van der Waals surface area contributed by atoms with Crippen LogP contribution in [0.25, 0.3) is 0 Å². The van der Waals surface area contributed by atoms with Crippen LogP contribution in [0.5, 0.6) is 0 Å². The molecule has 0 N–H and O–H groups in total. The molecule has 122 valence electrons. The van der Waals surface area contributed by atoms with E-state index in [1.165, 1.54) is 0 Å². The lowest BCUT2D eigenvalue weighted by molar-refractivity contribution is -0.124. The summed E-state index contributed by atoms with van der Waals surface area (Å²) < 4.78 is 0. The van der Waals surface area contributed by atoms with Crippen molar-refractivity contribution in [1.29, 1.82) is 0 Å². The molecule has 2 aromatic heterocycles. The number of piperidine rings is 1. The summed E-state index contributed by atoms with van der Waals surface area (Å²) in [5, 5.41) is 0. The first-order valence-corrected chi connectivity index (χ1v) is 8.15. The average molecular weight is 322 g/mol. The second-order valence-corrected chi connectivity index (χ2v) is 6.31. The standard InChI is InChI=1S/C18H18N4O2/c23-17(13-3-1-6-19-9-13)21-11-14-5-8-22(18(24)16(14)12-21)15-4-2-7-20-10-15/h1-4,6-7,9-10,14,16H,5,8,11-12H2/t14-,16+/m1/s1. The molecule has 0 spiro atoms. The van der Waals surface area contributed by atoms with Crippen molar-refractivity contribution < 1.29 is 9.59 Å². The smallest absolute Gasteiger partial charge is 0.255 e. The predicted molar refractivity (Wildman–Crippen MR) is 88.3 cm³/mol. The first kappa shape index (κ1) is 14.8. The van der Waals surface area contributed by atoms with E-state index in [4.69, 9.17) is 0 Å². The van der Waals surface area contributed by atoms with Gasteiger partial charge >= 0.3 is 0 Å². The maximum Gasteiger partial charge on any atom is 0.255 e. The Labute approximate surface area is 140 Å². The van der Waals surface area contributed by atoms with Crippen LogP contribution in [0.4, 0.5) is 5.69 Å². The highest BCUT2D eigenvalue weighted by molar-refractivity contribution is 5.98. The molecular weight excluding hydrogens is 304 g/mol. The van der Waals surface area contributed by atoms with Gasteiger partial charge in [0.05, 0.1) is 23.4 Å². The summed E-state index contributed by atoms with van der Waals surface area (Å²) in [6.07, 6.45) is 7.54. The van der Waals surface area contributed by atoms with Gasteiger partial charge in [-0.3, -0.25) is 19.6 Å². The Hall–Kier alpha value is -2.76. The molecule has 4 rings (SSSR count). The third kappa shape index (κ3) is 2.54. The van der Waals surface area contributed by atoms with Gasteiger partial charge < -0.3 is 9.80 Å². The lowest BCUT2D eigenvalue weighted by atomic mass is 9.88. The minimum Gasteiger partial charge on any atom is -0.337 e. The molecule has 6 heteroatoms. The number of fused-ring (bicyclic) bond motifs is 1. The molecule has 0 aromatic carbocycles. The topological polar surface area (TPSA) is 66.4 Å². The summed E-state index contributed by atoms with van der Waals surface area (Å²) in [7, 11) is 0. The zero-order valence-electron chi connectivity index (χ0n) is 13.2. The maximum absolute atomic E-state index is 12.9. The molecule has 0 radical (unpaired) electrons. The van der Waals surface area contributed by atoms with Crippen LogP contribution in [-0.4, -0.2) is 46.3 Å². The van der Waals surface area contributed by atoms with E-state index in [0.29, 0.717) is 25.2 Å². The third-order valence-electron chi connectivity index (χ3n) is 4.90. The Bertz CT molecular complexity index is 750. The van der Waals surface area contributed by atoms with Gasteiger partial charge in [-0.15, -0.1) is 0 Å². The molecule has 0 bridgehead atoms. The number of aromatic nitrogens is 2. The molecule has 2 aliphatic rings. The fourth-order valence-electron chi connectivity index (χ4n) is 3.66. The molecule has 2 fully saturated rings. The number of pyridine rings is 2. The van der Waals surface area contributed by atoms with Gasteiger partial charge in [-0.1, -0.05) is 0 Å². The lowest BCUT2D eigenvalue weighted by Crippen LogP contribution is -2.45. The van der Waals surface area contributed by atoms with Crippen LogP contribution in [-0.2, 0) is 4.79 Å². The van der Waals surface area contributed by atoms with Crippen LogP contribution in [0.1, 0.15) is 16.8 Å². The highest BCUT2D eigenvalue weighted by atomic mass is 16.2. The van der Waals surface area contributed by atoms with Crippen LogP contribution in [0.15, 0.2) is 49.1 Å². The second kappa shape index (κ2) is 6.03. The van der Waals surface area contributed by atoms with Crippen LogP contribution >= 0.6 is 0 Å². The molecule has 2 amide bonds. The van der Waals surface area contributed by atoms with Gasteiger partial charge in [-0.2, -0.15) is 0 Å². The molecule has 0 unspecified atom stereocenters. The first-order valence-electron chi connectivity index (χ1n) is 8.15. The molecule has 0 saturated carbocycles. The molecular formula is C18H18N4O2. The summed E-state index contributed by atoms with van der Waals surface area (Å²) in [5.74, 6) is 0.171. The van der Waals surface area contributed by atoms with E-state index in [0.717, 1.165) is 12.1 Å². The van der Waals surface area contributed by atoms with Crippen molar-refractivity contribution in [3.05, 3.63) is 54.6 Å². The van der Waals surface area contributed by atoms with Gasteiger partial charge in [0.1, 0.15) is 0 Å². The fourth-order valence-corrected chi connectivity index (χ4v) is 3.66. The number of hydrogen-bond donors (Lipinski definition) is 0. The zero-order valence-corrected chi connectivity index (χ0v) is 13.2. The van der Waals surface area contributed by atoms with E-state index < -0.39 is 0 Å². The van der Waals surface area contributed by atoms with Gasteiger partial charge in [0.25, 0.3) is 5.91 Å². The van der Waals surface area contributed by atoms with Crippen LogP contribution < -0.4 is 4.90 Å². The molecule has 6 nitrogen and oxygen atoms in total. The molecule has 4 heterocycles. The lowest BCUT2D eigenvalue weighted by Gasteiger charge is -2.33. The SMILES string of the molecule is O=C(c1cccnc1)N1C[C@H]2CCN(c3cccnc3)C(=O)[C@H]2C1. The number of amides is 2. The number of carbonyl (C=O) groups excluding carboxylic acids is 2. The van der Waals surface area contributed by atoms with Crippen molar-refractivity contribution in [2.24, 2.45) is 11.8 Å². The Kier molecular flexibility index (Phi) is 3.72. The maximum atomic E-state index is 12.9. The van der Waals surface area contributed by atoms with E-state index in [9.17, 15) is 9.59 Å². The van der Waals surface area contributed by atoms with E-state index in [1.54, 1.807) is 46.7 Å².